The van der Waals surface area contributed by atoms with Crippen LogP contribution < -0.4 is 0 Å². The molecule has 0 aliphatic carbocycles. The molecule has 0 unspecified atom stereocenters. The molecule has 0 saturated carbocycles. The van der Waals surface area contributed by atoms with Gasteiger partial charge in [0.2, 0.25) is 10.0 Å². The molecule has 0 aromatic heterocycles. The Morgan fingerprint density at radius 3 is 2.26 bits per heavy atom. The van der Waals surface area contributed by atoms with Crippen molar-refractivity contribution in [1.82, 2.24) is 4.31 Å². The van der Waals surface area contributed by atoms with Gasteiger partial charge in [0.05, 0.1) is 15.5 Å². The van der Waals surface area contributed by atoms with Crippen LogP contribution in [0.1, 0.15) is 32.3 Å². The fraction of sp³-hybridized carbons (Fsp3) is 0.462. The molecular weight excluding hydrogens is 284 g/mol. The summed E-state index contributed by atoms with van der Waals surface area (Å²) in [7, 11) is -3.53. The Morgan fingerprint density at radius 1 is 1.26 bits per heavy atom. The topological polar surface area (TPSA) is 61.2 Å². The second kappa shape index (κ2) is 6.90. The number of benzene rings is 1. The summed E-state index contributed by atoms with van der Waals surface area (Å²) in [5, 5.41) is 8.96. The first-order valence-electron chi connectivity index (χ1n) is 6.17. The number of hydrogen-bond donors (Lipinski definition) is 0. The third kappa shape index (κ3) is 3.69. The molecule has 0 N–H and O–H groups in total. The predicted octanol–water partition coefficient (Wildman–Crippen LogP) is 3.02. The van der Waals surface area contributed by atoms with Crippen molar-refractivity contribution >= 4 is 21.6 Å². The van der Waals surface area contributed by atoms with Crippen LogP contribution >= 0.6 is 11.6 Å². The van der Waals surface area contributed by atoms with Gasteiger partial charge in [0.15, 0.2) is 0 Å². The Balaban J connectivity index is 3.18. The van der Waals surface area contributed by atoms with Crippen LogP contribution in [0.2, 0.25) is 5.02 Å². The molecule has 0 heterocycles. The van der Waals surface area contributed by atoms with Crippen LogP contribution in [-0.2, 0) is 10.0 Å². The summed E-state index contributed by atoms with van der Waals surface area (Å²) in [4.78, 5) is 0.137. The van der Waals surface area contributed by atoms with E-state index in [-0.39, 0.29) is 15.5 Å². The summed E-state index contributed by atoms with van der Waals surface area (Å²) in [5.74, 6) is 0. The number of halogens is 1. The van der Waals surface area contributed by atoms with Crippen LogP contribution in [0.3, 0.4) is 0 Å². The molecule has 104 valence electrons. The molecule has 1 aromatic carbocycles. The minimum absolute atomic E-state index is 0.137. The smallest absolute Gasteiger partial charge is 0.207 e. The highest BCUT2D eigenvalue weighted by Crippen LogP contribution is 2.23. The van der Waals surface area contributed by atoms with Gasteiger partial charge in [-0.15, -0.1) is 0 Å². The van der Waals surface area contributed by atoms with E-state index in [1.54, 1.807) is 0 Å². The zero-order valence-corrected chi connectivity index (χ0v) is 12.6. The molecule has 0 saturated heterocycles. The SMILES string of the molecule is CCCN(CCC)S(=O)(=O)c1ccc(C#N)c(Cl)c1. The van der Waals surface area contributed by atoms with E-state index in [9.17, 15) is 8.42 Å². The first kappa shape index (κ1) is 16.0. The third-order valence-electron chi connectivity index (χ3n) is 2.64. The average Bonchev–Trinajstić information content (AvgIpc) is 2.38. The first-order valence-corrected chi connectivity index (χ1v) is 7.99. The highest BCUT2D eigenvalue weighted by Gasteiger charge is 2.23. The van der Waals surface area contributed by atoms with E-state index in [4.69, 9.17) is 16.9 Å². The Bertz CT molecular complexity index is 573. The maximum atomic E-state index is 12.4. The predicted molar refractivity (Wildman–Crippen MR) is 75.5 cm³/mol. The van der Waals surface area contributed by atoms with E-state index >= 15 is 0 Å². The fourth-order valence-corrected chi connectivity index (χ4v) is 3.69. The molecule has 19 heavy (non-hydrogen) atoms. The van der Waals surface area contributed by atoms with Gasteiger partial charge in [-0.2, -0.15) is 9.57 Å². The van der Waals surface area contributed by atoms with Gasteiger partial charge in [0.25, 0.3) is 0 Å². The highest BCUT2D eigenvalue weighted by molar-refractivity contribution is 7.89. The van der Waals surface area contributed by atoms with E-state index in [0.717, 1.165) is 12.8 Å². The van der Waals surface area contributed by atoms with E-state index in [1.165, 1.54) is 22.5 Å². The first-order chi connectivity index (χ1) is 8.97. The molecule has 0 fully saturated rings. The molecule has 0 radical (unpaired) electrons. The monoisotopic (exact) mass is 300 g/mol. The van der Waals surface area contributed by atoms with E-state index in [2.05, 4.69) is 0 Å². The van der Waals surface area contributed by atoms with Crippen LogP contribution in [0.4, 0.5) is 0 Å². The van der Waals surface area contributed by atoms with Crippen molar-refractivity contribution in [2.45, 2.75) is 31.6 Å². The molecule has 0 bridgehead atoms. The summed E-state index contributed by atoms with van der Waals surface area (Å²) in [6, 6.07) is 6.12. The van der Waals surface area contributed by atoms with Crippen molar-refractivity contribution in [2.75, 3.05) is 13.1 Å². The average molecular weight is 301 g/mol. The quantitative estimate of drug-likeness (QED) is 0.811. The van der Waals surface area contributed by atoms with Gasteiger partial charge >= 0.3 is 0 Å². The fourth-order valence-electron chi connectivity index (χ4n) is 1.75. The maximum Gasteiger partial charge on any atom is 0.243 e. The number of rotatable bonds is 6. The van der Waals surface area contributed by atoms with Gasteiger partial charge in [-0.25, -0.2) is 8.42 Å². The lowest BCUT2D eigenvalue weighted by molar-refractivity contribution is 0.410. The molecule has 0 amide bonds. The molecule has 1 aromatic rings. The van der Waals surface area contributed by atoms with E-state index < -0.39 is 10.0 Å². The second-order valence-electron chi connectivity index (χ2n) is 4.16. The van der Waals surface area contributed by atoms with Crippen LogP contribution in [-0.4, -0.2) is 25.8 Å². The number of hydrogen-bond acceptors (Lipinski definition) is 3. The molecule has 6 heteroatoms. The standard InChI is InChI=1S/C13H17ClN2O2S/c1-3-7-16(8-4-2)19(17,18)12-6-5-11(10-15)13(14)9-12/h5-6,9H,3-4,7-8H2,1-2H3. The second-order valence-corrected chi connectivity index (χ2v) is 6.50. The van der Waals surface area contributed by atoms with Crippen molar-refractivity contribution in [3.63, 3.8) is 0 Å². The lowest BCUT2D eigenvalue weighted by atomic mass is 10.2. The van der Waals surface area contributed by atoms with Crippen molar-refractivity contribution in [1.29, 1.82) is 5.26 Å². The molecule has 0 atom stereocenters. The minimum Gasteiger partial charge on any atom is -0.207 e. The normalized spacial score (nSPS) is 11.5. The Labute approximate surface area is 119 Å². The van der Waals surface area contributed by atoms with Crippen molar-refractivity contribution < 1.29 is 8.42 Å². The van der Waals surface area contributed by atoms with Gasteiger partial charge < -0.3 is 0 Å². The summed E-state index contributed by atoms with van der Waals surface area (Å²) in [6.45, 7) is 4.83. The van der Waals surface area contributed by atoms with Crippen LogP contribution in [0.5, 0.6) is 0 Å². The van der Waals surface area contributed by atoms with Crippen molar-refractivity contribution in [3.05, 3.63) is 28.8 Å². The van der Waals surface area contributed by atoms with Gasteiger partial charge in [-0.05, 0) is 31.0 Å². The number of sulfonamides is 1. The third-order valence-corrected chi connectivity index (χ3v) is 4.85. The molecule has 0 spiro atoms. The zero-order chi connectivity index (χ0) is 14.5. The molecular formula is C13H17ClN2O2S. The highest BCUT2D eigenvalue weighted by atomic mass is 35.5. The molecule has 4 nitrogen and oxygen atoms in total. The molecule has 1 rings (SSSR count). The summed E-state index contributed by atoms with van der Waals surface area (Å²) >= 11 is 5.89. The van der Waals surface area contributed by atoms with Gasteiger partial charge in [0.1, 0.15) is 6.07 Å². The Kier molecular flexibility index (Phi) is 5.80. The van der Waals surface area contributed by atoms with Crippen molar-refractivity contribution in [3.8, 4) is 6.07 Å². The Hall–Kier alpha value is -1.09. The number of nitriles is 1. The summed E-state index contributed by atoms with van der Waals surface area (Å²) in [5.41, 5.74) is 0.276. The molecule has 0 aliphatic rings. The van der Waals surface area contributed by atoms with Gasteiger partial charge in [-0.3, -0.25) is 0 Å². The zero-order valence-electron chi connectivity index (χ0n) is 11.1. The van der Waals surface area contributed by atoms with Gasteiger partial charge in [0, 0.05) is 13.1 Å². The number of nitrogens with zero attached hydrogens (tertiary/aromatic N) is 2. The largest absolute Gasteiger partial charge is 0.243 e. The van der Waals surface area contributed by atoms with E-state index in [0.29, 0.717) is 13.1 Å². The minimum atomic E-state index is -3.53. The summed E-state index contributed by atoms with van der Waals surface area (Å²) < 4.78 is 26.3. The molecule has 0 aliphatic heterocycles. The summed E-state index contributed by atoms with van der Waals surface area (Å²) in [6.07, 6.45) is 1.51. The Morgan fingerprint density at radius 2 is 1.84 bits per heavy atom. The maximum absolute atomic E-state index is 12.4. The van der Waals surface area contributed by atoms with Crippen LogP contribution in [0.15, 0.2) is 23.1 Å². The van der Waals surface area contributed by atoms with Crippen molar-refractivity contribution in [2.24, 2.45) is 0 Å². The lowest BCUT2D eigenvalue weighted by Gasteiger charge is -2.21. The van der Waals surface area contributed by atoms with Crippen LogP contribution in [0, 0.1) is 11.3 Å². The lowest BCUT2D eigenvalue weighted by Crippen LogP contribution is -2.32. The van der Waals surface area contributed by atoms with Crippen LogP contribution in [0.25, 0.3) is 0 Å². The van der Waals surface area contributed by atoms with Gasteiger partial charge in [-0.1, -0.05) is 25.4 Å². The van der Waals surface area contributed by atoms with E-state index in [1.807, 2.05) is 19.9 Å².